The third-order valence-corrected chi connectivity index (χ3v) is 3.83. The lowest BCUT2D eigenvalue weighted by Gasteiger charge is -2.18. The lowest BCUT2D eigenvalue weighted by Crippen LogP contribution is -2.09. The van der Waals surface area contributed by atoms with Crippen molar-refractivity contribution in [3.8, 4) is 11.5 Å². The van der Waals surface area contributed by atoms with Gasteiger partial charge >= 0.3 is 0 Å². The molecule has 1 aromatic heterocycles. The van der Waals surface area contributed by atoms with Crippen LogP contribution < -0.4 is 9.47 Å². The van der Waals surface area contributed by atoms with Crippen molar-refractivity contribution in [3.63, 3.8) is 0 Å². The van der Waals surface area contributed by atoms with E-state index in [1.54, 1.807) is 0 Å². The summed E-state index contributed by atoms with van der Waals surface area (Å²) in [6.45, 7) is 0. The van der Waals surface area contributed by atoms with Gasteiger partial charge in [0.2, 0.25) is 6.29 Å². The number of hydrogen-bond donors (Lipinski definition) is 0. The van der Waals surface area contributed by atoms with E-state index in [0.717, 1.165) is 5.39 Å². The Kier molecular flexibility index (Phi) is 4.42. The molecule has 3 rings (SSSR count). The number of fused-ring (bicyclic) bond motifs is 1. The largest absolute Gasteiger partial charge is 0.492 e. The molecule has 5 heteroatoms. The molecule has 0 bridgehead atoms. The number of pyridine rings is 1. The second-order valence-electron chi connectivity index (χ2n) is 5.18. The van der Waals surface area contributed by atoms with Gasteiger partial charge in [-0.15, -0.1) is 0 Å². The molecule has 0 spiro atoms. The lowest BCUT2D eigenvalue weighted by molar-refractivity contribution is 0.353. The zero-order valence-electron chi connectivity index (χ0n) is 13.2. The number of halogens is 1. The van der Waals surface area contributed by atoms with Crippen LogP contribution in [0.15, 0.2) is 48.5 Å². The minimum atomic E-state index is -0.806. The fourth-order valence-corrected chi connectivity index (χ4v) is 2.71. The molecule has 0 aliphatic carbocycles. The van der Waals surface area contributed by atoms with Crippen molar-refractivity contribution in [1.82, 2.24) is 4.98 Å². The van der Waals surface area contributed by atoms with Crippen LogP contribution in [0.1, 0.15) is 17.2 Å². The average molecular weight is 324 g/mol. The first kappa shape index (κ1) is 15.9. The number of hydrogen-bond acceptors (Lipinski definition) is 4. The van der Waals surface area contributed by atoms with E-state index in [1.807, 2.05) is 30.6 Å². The van der Waals surface area contributed by atoms with Gasteiger partial charge in [-0.2, -0.15) is 0 Å². The van der Waals surface area contributed by atoms with Crippen molar-refractivity contribution >= 4 is 17.2 Å². The molecule has 0 aliphatic rings. The highest BCUT2D eigenvalue weighted by Crippen LogP contribution is 2.41. The quantitative estimate of drug-likeness (QED) is 0.719. The molecule has 1 atom stereocenters. The summed E-state index contributed by atoms with van der Waals surface area (Å²) in [5.41, 5.74) is 1.64. The molecule has 24 heavy (non-hydrogen) atoms. The zero-order valence-corrected chi connectivity index (χ0v) is 13.2. The maximum absolute atomic E-state index is 13.2. The maximum Gasteiger partial charge on any atom is 0.213 e. The summed E-state index contributed by atoms with van der Waals surface area (Å²) in [7, 11) is 3.02. The van der Waals surface area contributed by atoms with E-state index in [-0.39, 0.29) is 5.82 Å². The monoisotopic (exact) mass is 324 g/mol. The Morgan fingerprint density at radius 2 is 1.67 bits per heavy atom. The van der Waals surface area contributed by atoms with Crippen LogP contribution in [-0.2, 0) is 4.79 Å². The summed E-state index contributed by atoms with van der Waals surface area (Å²) in [6, 6.07) is 13.1. The molecular weight excluding hydrogens is 309 g/mol. The normalized spacial score (nSPS) is 12.0. The zero-order chi connectivity index (χ0) is 17.1. The maximum atomic E-state index is 13.2. The minimum Gasteiger partial charge on any atom is -0.492 e. The molecule has 2 aromatic carbocycles. The summed E-state index contributed by atoms with van der Waals surface area (Å²) in [5, 5.41) is 0.782. The van der Waals surface area contributed by atoms with Crippen LogP contribution in [0.25, 0.3) is 10.9 Å². The number of nitrogens with zero attached hydrogens (tertiary/aromatic N) is 1. The topological polar surface area (TPSA) is 48.4 Å². The van der Waals surface area contributed by atoms with Gasteiger partial charge in [0.05, 0.1) is 25.7 Å². The smallest absolute Gasteiger partial charge is 0.213 e. The van der Waals surface area contributed by atoms with Crippen LogP contribution in [0.3, 0.4) is 0 Å². The number of aromatic nitrogens is 1. The average Bonchev–Trinajstić information content (AvgIpc) is 2.62. The fourth-order valence-electron chi connectivity index (χ4n) is 2.71. The van der Waals surface area contributed by atoms with Crippen molar-refractivity contribution in [3.05, 3.63) is 65.6 Å². The Hall–Kier alpha value is -2.95. The predicted molar refractivity (Wildman–Crippen MR) is 88.8 cm³/mol. The van der Waals surface area contributed by atoms with Crippen LogP contribution in [0.2, 0.25) is 0 Å². The molecule has 0 N–H and O–H groups in total. The summed E-state index contributed by atoms with van der Waals surface area (Å²) in [5.74, 6) is -0.312. The van der Waals surface area contributed by atoms with Gasteiger partial charge < -0.3 is 9.47 Å². The van der Waals surface area contributed by atoms with E-state index in [4.69, 9.17) is 9.47 Å². The van der Waals surface area contributed by atoms with E-state index in [9.17, 15) is 9.18 Å². The summed E-state index contributed by atoms with van der Waals surface area (Å²) in [6.07, 6.45) is 1.97. The highest BCUT2D eigenvalue weighted by Gasteiger charge is 2.25. The van der Waals surface area contributed by atoms with E-state index < -0.39 is 5.92 Å². The van der Waals surface area contributed by atoms with Crippen molar-refractivity contribution in [2.75, 3.05) is 14.2 Å². The van der Waals surface area contributed by atoms with Gasteiger partial charge in [-0.1, -0.05) is 24.3 Å². The van der Waals surface area contributed by atoms with Crippen LogP contribution in [0.5, 0.6) is 11.5 Å². The first-order valence-electron chi connectivity index (χ1n) is 7.33. The second kappa shape index (κ2) is 6.66. The number of carbonyl (C=O) groups excluding carboxylic acids is 1. The molecular formula is C19H15FNO3. The molecule has 0 saturated carbocycles. The molecule has 3 aromatic rings. The lowest BCUT2D eigenvalue weighted by atomic mass is 9.95. The number of ether oxygens (including phenoxy) is 2. The van der Waals surface area contributed by atoms with Gasteiger partial charge in [-0.3, -0.25) is 4.79 Å². The van der Waals surface area contributed by atoms with Crippen LogP contribution in [0.4, 0.5) is 4.39 Å². The number of benzene rings is 2. The Labute approximate surface area is 138 Å². The first-order chi connectivity index (χ1) is 11.7. The molecule has 1 unspecified atom stereocenters. The molecule has 0 saturated heterocycles. The number of para-hydroxylation sites is 1. The van der Waals surface area contributed by atoms with Crippen molar-refractivity contribution in [2.45, 2.75) is 5.92 Å². The number of rotatable bonds is 5. The van der Waals surface area contributed by atoms with E-state index in [2.05, 4.69) is 4.98 Å². The van der Waals surface area contributed by atoms with Gasteiger partial charge in [0.1, 0.15) is 11.5 Å². The Morgan fingerprint density at radius 3 is 2.29 bits per heavy atom. The molecule has 0 amide bonds. The third-order valence-electron chi connectivity index (χ3n) is 3.83. The SMILES string of the molecule is COc1c(C([C]=O)c2ccc(F)cc2)nc2ccccc2c1OC. The van der Waals surface area contributed by atoms with E-state index in [1.165, 1.54) is 38.5 Å². The van der Waals surface area contributed by atoms with Crippen LogP contribution in [-0.4, -0.2) is 25.5 Å². The predicted octanol–water partition coefficient (Wildman–Crippen LogP) is 3.63. The summed E-state index contributed by atoms with van der Waals surface area (Å²) in [4.78, 5) is 16.2. The molecule has 121 valence electrons. The molecule has 0 aliphatic heterocycles. The van der Waals surface area contributed by atoms with Gasteiger partial charge in [0, 0.05) is 5.39 Å². The number of methoxy groups -OCH3 is 2. The van der Waals surface area contributed by atoms with Crippen molar-refractivity contribution < 1.29 is 18.7 Å². The first-order valence-corrected chi connectivity index (χ1v) is 7.33. The standard InChI is InChI=1S/C19H15FNO3/c1-23-18-14-5-3-4-6-16(14)21-17(19(18)24-2)15(11-22)12-7-9-13(20)10-8-12/h3-10,15H,1-2H3. The van der Waals surface area contributed by atoms with Crippen LogP contribution >= 0.6 is 0 Å². The fraction of sp³-hybridized carbons (Fsp3) is 0.158. The van der Waals surface area contributed by atoms with Crippen molar-refractivity contribution in [1.29, 1.82) is 0 Å². The van der Waals surface area contributed by atoms with Crippen molar-refractivity contribution in [2.24, 2.45) is 0 Å². The Bertz CT molecular complexity index is 878. The second-order valence-corrected chi connectivity index (χ2v) is 5.18. The minimum absolute atomic E-state index is 0.369. The van der Waals surface area contributed by atoms with E-state index >= 15 is 0 Å². The molecule has 1 radical (unpaired) electrons. The molecule has 1 heterocycles. The third kappa shape index (κ3) is 2.69. The molecule has 4 nitrogen and oxygen atoms in total. The van der Waals surface area contributed by atoms with Crippen LogP contribution in [0, 0.1) is 5.82 Å². The Morgan fingerprint density at radius 1 is 1.00 bits per heavy atom. The highest BCUT2D eigenvalue weighted by atomic mass is 19.1. The van der Waals surface area contributed by atoms with Gasteiger partial charge in [0.15, 0.2) is 11.5 Å². The van der Waals surface area contributed by atoms with Gasteiger partial charge in [-0.25, -0.2) is 9.37 Å². The van der Waals surface area contributed by atoms with Gasteiger partial charge in [-0.05, 0) is 29.8 Å². The summed E-state index contributed by atoms with van der Waals surface area (Å²) >= 11 is 0. The molecule has 0 fully saturated rings. The van der Waals surface area contributed by atoms with E-state index in [0.29, 0.717) is 28.3 Å². The Balaban J connectivity index is 2.26. The van der Waals surface area contributed by atoms with Gasteiger partial charge in [0.25, 0.3) is 0 Å². The highest BCUT2D eigenvalue weighted by molar-refractivity contribution is 5.89. The summed E-state index contributed by atoms with van der Waals surface area (Å²) < 4.78 is 24.1.